The fourth-order valence-corrected chi connectivity index (χ4v) is 3.56. The van der Waals surface area contributed by atoms with E-state index >= 15 is 0 Å². The number of ether oxygens (including phenoxy) is 1. The largest absolute Gasteiger partial charge is 0.481 e. The Hall–Kier alpha value is -1.36. The van der Waals surface area contributed by atoms with Gasteiger partial charge in [0.2, 0.25) is 0 Å². The molecule has 0 bridgehead atoms. The first-order valence-corrected chi connectivity index (χ1v) is 9.90. The number of hydrogen-bond acceptors (Lipinski definition) is 3. The molecule has 0 saturated heterocycles. The van der Waals surface area contributed by atoms with Gasteiger partial charge in [-0.25, -0.2) is 0 Å². The number of rotatable bonds is 8. The van der Waals surface area contributed by atoms with Crippen LogP contribution in [0, 0.1) is 6.92 Å². The van der Waals surface area contributed by atoms with E-state index < -0.39 is 6.10 Å². The van der Waals surface area contributed by atoms with Crippen LogP contribution in [0.15, 0.2) is 42.5 Å². The molecule has 2 rings (SSSR count). The number of thioether (sulfide) groups is 1. The summed E-state index contributed by atoms with van der Waals surface area (Å²) in [4.78, 5) is 12.1. The molecule has 0 aromatic heterocycles. The third kappa shape index (κ3) is 6.46. The monoisotopic (exact) mass is 397 g/mol. The van der Waals surface area contributed by atoms with Gasteiger partial charge in [0.15, 0.2) is 6.10 Å². The van der Waals surface area contributed by atoms with Gasteiger partial charge in [0, 0.05) is 28.1 Å². The van der Waals surface area contributed by atoms with Crippen molar-refractivity contribution in [2.24, 2.45) is 0 Å². The lowest BCUT2D eigenvalue weighted by atomic mass is 10.2. The van der Waals surface area contributed by atoms with Gasteiger partial charge in [0.1, 0.15) is 5.75 Å². The van der Waals surface area contributed by atoms with Gasteiger partial charge in [-0.1, -0.05) is 47.5 Å². The van der Waals surface area contributed by atoms with Gasteiger partial charge in [-0.3, -0.25) is 4.79 Å². The molecule has 6 heteroatoms. The quantitative estimate of drug-likeness (QED) is 0.628. The van der Waals surface area contributed by atoms with Crippen LogP contribution in [0.2, 0.25) is 10.0 Å². The van der Waals surface area contributed by atoms with E-state index in [1.165, 1.54) is 0 Å². The van der Waals surface area contributed by atoms with Gasteiger partial charge in [-0.05, 0) is 43.2 Å². The highest BCUT2D eigenvalue weighted by molar-refractivity contribution is 7.98. The number of carbonyl (C=O) groups excluding carboxylic acids is 1. The summed E-state index contributed by atoms with van der Waals surface area (Å²) in [6.07, 6.45) is -0.531. The van der Waals surface area contributed by atoms with Gasteiger partial charge in [-0.2, -0.15) is 11.8 Å². The van der Waals surface area contributed by atoms with E-state index in [1.54, 1.807) is 24.8 Å². The second-order valence-corrected chi connectivity index (χ2v) is 7.55. The molecule has 1 amide bonds. The van der Waals surface area contributed by atoms with Crippen LogP contribution in [0.1, 0.15) is 18.1 Å². The van der Waals surface area contributed by atoms with Crippen LogP contribution in [-0.2, 0) is 10.5 Å². The maximum atomic E-state index is 12.1. The molecule has 25 heavy (non-hydrogen) atoms. The smallest absolute Gasteiger partial charge is 0.260 e. The molecule has 134 valence electrons. The van der Waals surface area contributed by atoms with Crippen LogP contribution >= 0.6 is 35.0 Å². The molecule has 0 spiro atoms. The van der Waals surface area contributed by atoms with E-state index in [2.05, 4.69) is 5.32 Å². The van der Waals surface area contributed by atoms with Crippen molar-refractivity contribution in [1.29, 1.82) is 0 Å². The molecule has 3 nitrogen and oxygen atoms in total. The predicted octanol–water partition coefficient (Wildman–Crippen LogP) is 5.12. The van der Waals surface area contributed by atoms with E-state index in [-0.39, 0.29) is 5.91 Å². The maximum Gasteiger partial charge on any atom is 0.260 e. The standard InChI is InChI=1S/C19H21Cl2NO2S/c1-13-5-3-4-6-18(13)24-14(2)19(23)22-9-10-25-12-15-7-8-16(20)11-17(15)21/h3-8,11,14H,9-10,12H2,1-2H3,(H,22,23)/t14-/m0/s1. The molecule has 0 fully saturated rings. The molecule has 0 aliphatic heterocycles. The Balaban J connectivity index is 1.69. The van der Waals surface area contributed by atoms with Crippen LogP contribution < -0.4 is 10.1 Å². The van der Waals surface area contributed by atoms with Crippen LogP contribution in [-0.4, -0.2) is 24.3 Å². The number of nitrogens with one attached hydrogen (secondary N) is 1. The molecule has 2 aromatic carbocycles. The second kappa shape index (κ2) is 9.95. The molecule has 0 heterocycles. The average molecular weight is 398 g/mol. The number of amides is 1. The van der Waals surface area contributed by atoms with Crippen molar-refractivity contribution in [3.05, 3.63) is 63.6 Å². The summed E-state index contributed by atoms with van der Waals surface area (Å²) in [5.74, 6) is 2.19. The van der Waals surface area contributed by atoms with Crippen LogP contribution in [0.25, 0.3) is 0 Å². The summed E-state index contributed by atoms with van der Waals surface area (Å²) >= 11 is 13.7. The normalized spacial score (nSPS) is 11.8. The summed E-state index contributed by atoms with van der Waals surface area (Å²) in [5.41, 5.74) is 2.05. The first-order valence-electron chi connectivity index (χ1n) is 7.99. The lowest BCUT2D eigenvalue weighted by Crippen LogP contribution is -2.37. The Morgan fingerprint density at radius 3 is 2.72 bits per heavy atom. The summed E-state index contributed by atoms with van der Waals surface area (Å²) in [7, 11) is 0. The van der Waals surface area contributed by atoms with Gasteiger partial charge in [-0.15, -0.1) is 0 Å². The van der Waals surface area contributed by atoms with Crippen molar-refractivity contribution in [1.82, 2.24) is 5.32 Å². The van der Waals surface area contributed by atoms with Gasteiger partial charge in [0.05, 0.1) is 0 Å². The maximum absolute atomic E-state index is 12.1. The molecule has 1 atom stereocenters. The Kier molecular flexibility index (Phi) is 7.94. The SMILES string of the molecule is Cc1ccccc1O[C@@H](C)C(=O)NCCSCc1ccc(Cl)cc1Cl. The second-order valence-electron chi connectivity index (χ2n) is 5.60. The van der Waals surface area contributed by atoms with Crippen molar-refractivity contribution in [2.75, 3.05) is 12.3 Å². The number of benzene rings is 2. The number of aryl methyl sites for hydroxylation is 1. The minimum Gasteiger partial charge on any atom is -0.481 e. The molecule has 0 aliphatic rings. The van der Waals surface area contributed by atoms with Crippen molar-refractivity contribution >= 4 is 40.9 Å². The van der Waals surface area contributed by atoms with E-state index in [0.717, 1.165) is 28.4 Å². The molecular formula is C19H21Cl2NO2S. The molecule has 0 saturated carbocycles. The van der Waals surface area contributed by atoms with Crippen LogP contribution in [0.4, 0.5) is 0 Å². The van der Waals surface area contributed by atoms with Crippen LogP contribution in [0.5, 0.6) is 5.75 Å². The van der Waals surface area contributed by atoms with Crippen molar-refractivity contribution < 1.29 is 9.53 Å². The van der Waals surface area contributed by atoms with E-state index in [1.807, 2.05) is 43.3 Å². The van der Waals surface area contributed by atoms with Gasteiger partial charge < -0.3 is 10.1 Å². The third-order valence-electron chi connectivity index (χ3n) is 3.58. The topological polar surface area (TPSA) is 38.3 Å². The van der Waals surface area contributed by atoms with Crippen molar-refractivity contribution in [2.45, 2.75) is 25.7 Å². The summed E-state index contributed by atoms with van der Waals surface area (Å²) in [6, 6.07) is 13.2. The first kappa shape index (κ1) is 20.0. The van der Waals surface area contributed by atoms with Gasteiger partial charge in [0.25, 0.3) is 5.91 Å². The Bertz CT molecular complexity index is 724. The van der Waals surface area contributed by atoms with Crippen molar-refractivity contribution in [3.63, 3.8) is 0 Å². The number of para-hydroxylation sites is 1. The zero-order chi connectivity index (χ0) is 18.2. The first-order chi connectivity index (χ1) is 12.0. The van der Waals surface area contributed by atoms with E-state index in [0.29, 0.717) is 16.6 Å². The van der Waals surface area contributed by atoms with Gasteiger partial charge >= 0.3 is 0 Å². The third-order valence-corrected chi connectivity index (χ3v) is 5.18. The van der Waals surface area contributed by atoms with Crippen molar-refractivity contribution in [3.8, 4) is 5.75 Å². The average Bonchev–Trinajstić information content (AvgIpc) is 2.58. The zero-order valence-electron chi connectivity index (χ0n) is 14.2. The predicted molar refractivity (Wildman–Crippen MR) is 107 cm³/mol. The lowest BCUT2D eigenvalue weighted by Gasteiger charge is -2.16. The molecule has 0 aliphatic carbocycles. The number of halogens is 2. The zero-order valence-corrected chi connectivity index (χ0v) is 16.5. The summed E-state index contributed by atoms with van der Waals surface area (Å²) in [5, 5.41) is 4.20. The highest BCUT2D eigenvalue weighted by Gasteiger charge is 2.14. The number of carbonyl (C=O) groups is 1. The minimum absolute atomic E-state index is 0.117. The Labute approximate surface area is 163 Å². The Morgan fingerprint density at radius 1 is 1.24 bits per heavy atom. The fourth-order valence-electron chi connectivity index (χ4n) is 2.14. The molecule has 0 unspecified atom stereocenters. The Morgan fingerprint density at radius 2 is 2.00 bits per heavy atom. The summed E-state index contributed by atoms with van der Waals surface area (Å²) < 4.78 is 5.71. The molecule has 2 aromatic rings. The van der Waals surface area contributed by atoms with E-state index in [4.69, 9.17) is 27.9 Å². The van der Waals surface area contributed by atoms with E-state index in [9.17, 15) is 4.79 Å². The molecule has 0 radical (unpaired) electrons. The molecule has 1 N–H and O–H groups in total. The summed E-state index contributed by atoms with van der Waals surface area (Å²) in [6.45, 7) is 4.29. The highest BCUT2D eigenvalue weighted by Crippen LogP contribution is 2.24. The highest BCUT2D eigenvalue weighted by atomic mass is 35.5. The number of hydrogen-bond donors (Lipinski definition) is 1. The minimum atomic E-state index is -0.531. The molecular weight excluding hydrogens is 377 g/mol. The fraction of sp³-hybridized carbons (Fsp3) is 0.316. The lowest BCUT2D eigenvalue weighted by molar-refractivity contribution is -0.127. The van der Waals surface area contributed by atoms with Crippen LogP contribution in [0.3, 0.4) is 0 Å².